The number of nitrogens with one attached hydrogen (secondary N) is 1. The fourth-order valence-corrected chi connectivity index (χ4v) is 2.48. The largest absolute Gasteiger partial charge is 0.480 e. The average molecular weight is 299 g/mol. The molecule has 1 amide bonds. The third-order valence-electron chi connectivity index (χ3n) is 4.11. The molecule has 1 aromatic heterocycles. The number of carbonyl (C=O) groups is 2. The van der Waals surface area contributed by atoms with Crippen LogP contribution in [0.25, 0.3) is 5.69 Å². The van der Waals surface area contributed by atoms with Crippen molar-refractivity contribution in [1.82, 2.24) is 15.1 Å². The number of amides is 1. The maximum atomic E-state index is 12.3. The number of hydrogen-bond acceptors (Lipinski definition) is 3. The van der Waals surface area contributed by atoms with Gasteiger partial charge < -0.3 is 10.4 Å². The first-order valence-corrected chi connectivity index (χ1v) is 7.11. The zero-order chi connectivity index (χ0) is 15.9. The minimum Gasteiger partial charge on any atom is -0.480 e. The molecular formula is C16H17N3O3. The van der Waals surface area contributed by atoms with Crippen molar-refractivity contribution in [2.45, 2.75) is 32.2 Å². The third-order valence-corrected chi connectivity index (χ3v) is 4.11. The van der Waals surface area contributed by atoms with Crippen LogP contribution in [0.4, 0.5) is 0 Å². The number of carboxylic acids is 1. The van der Waals surface area contributed by atoms with Crippen molar-refractivity contribution in [1.29, 1.82) is 0 Å². The Morgan fingerprint density at radius 1 is 1.27 bits per heavy atom. The Labute approximate surface area is 127 Å². The second kappa shape index (κ2) is 4.98. The van der Waals surface area contributed by atoms with Crippen LogP contribution in [-0.4, -0.2) is 32.3 Å². The van der Waals surface area contributed by atoms with Gasteiger partial charge in [0.15, 0.2) is 0 Å². The first kappa shape index (κ1) is 14.3. The van der Waals surface area contributed by atoms with Gasteiger partial charge in [0.2, 0.25) is 0 Å². The molecule has 6 heteroatoms. The van der Waals surface area contributed by atoms with E-state index in [0.29, 0.717) is 24.1 Å². The van der Waals surface area contributed by atoms with Gasteiger partial charge in [-0.15, -0.1) is 0 Å². The molecule has 3 rings (SSSR count). The van der Waals surface area contributed by atoms with Crippen LogP contribution >= 0.6 is 0 Å². The Balaban J connectivity index is 1.90. The number of para-hydroxylation sites is 1. The van der Waals surface area contributed by atoms with Crippen molar-refractivity contribution in [3.63, 3.8) is 0 Å². The number of nitrogens with zero attached hydrogens (tertiary/aromatic N) is 2. The molecule has 0 spiro atoms. The van der Waals surface area contributed by atoms with Crippen molar-refractivity contribution < 1.29 is 14.7 Å². The molecule has 1 fully saturated rings. The van der Waals surface area contributed by atoms with Crippen LogP contribution in [0, 0.1) is 13.8 Å². The third kappa shape index (κ3) is 2.26. The molecule has 0 saturated heterocycles. The summed E-state index contributed by atoms with van der Waals surface area (Å²) in [6.07, 6.45) is 2.42. The first-order valence-electron chi connectivity index (χ1n) is 7.11. The van der Waals surface area contributed by atoms with E-state index in [-0.39, 0.29) is 0 Å². The van der Waals surface area contributed by atoms with Gasteiger partial charge in [0.05, 0.1) is 23.1 Å². The normalized spacial score (nSPS) is 15.4. The quantitative estimate of drug-likeness (QED) is 0.902. The van der Waals surface area contributed by atoms with E-state index in [9.17, 15) is 9.59 Å². The second-order valence-electron chi connectivity index (χ2n) is 5.68. The second-order valence-corrected chi connectivity index (χ2v) is 5.68. The zero-order valence-corrected chi connectivity index (χ0v) is 12.5. The van der Waals surface area contributed by atoms with Crippen LogP contribution < -0.4 is 5.32 Å². The molecule has 1 saturated carbocycles. The highest BCUT2D eigenvalue weighted by Crippen LogP contribution is 2.36. The minimum absolute atomic E-state index is 0.391. The predicted octanol–water partition coefficient (Wildman–Crippen LogP) is 1.84. The zero-order valence-electron chi connectivity index (χ0n) is 12.5. The number of hydrogen-bond donors (Lipinski definition) is 2. The Hall–Kier alpha value is -2.63. The van der Waals surface area contributed by atoms with Gasteiger partial charge >= 0.3 is 5.97 Å². The van der Waals surface area contributed by atoms with Crippen LogP contribution in [-0.2, 0) is 4.79 Å². The lowest BCUT2D eigenvalue weighted by Gasteiger charge is -2.12. The van der Waals surface area contributed by atoms with Crippen molar-refractivity contribution in [2.75, 3.05) is 0 Å². The highest BCUT2D eigenvalue weighted by molar-refractivity contribution is 5.99. The monoisotopic (exact) mass is 299 g/mol. The first-order chi connectivity index (χ1) is 10.4. The Morgan fingerprint density at radius 3 is 2.55 bits per heavy atom. The summed E-state index contributed by atoms with van der Waals surface area (Å²) in [5.74, 6) is -1.37. The lowest BCUT2D eigenvalue weighted by Crippen LogP contribution is -2.43. The van der Waals surface area contributed by atoms with E-state index in [4.69, 9.17) is 5.11 Å². The molecule has 22 heavy (non-hydrogen) atoms. The van der Waals surface area contributed by atoms with Gasteiger partial charge in [0.1, 0.15) is 5.54 Å². The van der Waals surface area contributed by atoms with Gasteiger partial charge in [-0.25, -0.2) is 9.48 Å². The van der Waals surface area contributed by atoms with Gasteiger partial charge in [-0.1, -0.05) is 18.2 Å². The molecule has 0 bridgehead atoms. The summed E-state index contributed by atoms with van der Waals surface area (Å²) < 4.78 is 1.70. The molecule has 2 aromatic rings. The van der Waals surface area contributed by atoms with E-state index in [1.807, 2.05) is 31.2 Å². The lowest BCUT2D eigenvalue weighted by atomic mass is 10.2. The van der Waals surface area contributed by atoms with Gasteiger partial charge in [-0.05, 0) is 38.3 Å². The van der Waals surface area contributed by atoms with E-state index in [2.05, 4.69) is 10.4 Å². The van der Waals surface area contributed by atoms with Crippen LogP contribution in [0.1, 0.15) is 34.5 Å². The standard InChI is InChI=1S/C16H17N3O3/c1-10-5-3-4-6-13(10)19-11(2)12(9-17-19)14(20)18-16(7-8-16)15(21)22/h3-6,9H,7-8H2,1-2H3,(H,18,20)(H,21,22). The Morgan fingerprint density at radius 2 is 1.95 bits per heavy atom. The molecule has 6 nitrogen and oxygen atoms in total. The number of aryl methyl sites for hydroxylation is 1. The van der Waals surface area contributed by atoms with Gasteiger partial charge in [0, 0.05) is 0 Å². The van der Waals surface area contributed by atoms with Crippen molar-refractivity contribution in [3.05, 3.63) is 47.3 Å². The number of aromatic nitrogens is 2. The van der Waals surface area contributed by atoms with E-state index >= 15 is 0 Å². The number of rotatable bonds is 4. The molecule has 0 unspecified atom stereocenters. The van der Waals surface area contributed by atoms with Crippen molar-refractivity contribution in [2.24, 2.45) is 0 Å². The summed E-state index contributed by atoms with van der Waals surface area (Å²) in [6, 6.07) is 7.75. The summed E-state index contributed by atoms with van der Waals surface area (Å²) in [5, 5.41) is 16.0. The fourth-order valence-electron chi connectivity index (χ4n) is 2.48. The number of benzene rings is 1. The van der Waals surface area contributed by atoms with Gasteiger partial charge in [-0.2, -0.15) is 5.10 Å². The van der Waals surface area contributed by atoms with Crippen LogP contribution in [0.2, 0.25) is 0 Å². The topological polar surface area (TPSA) is 84.2 Å². The van der Waals surface area contributed by atoms with E-state index in [0.717, 1.165) is 11.3 Å². The maximum Gasteiger partial charge on any atom is 0.329 e. The maximum absolute atomic E-state index is 12.3. The summed E-state index contributed by atoms with van der Waals surface area (Å²) in [4.78, 5) is 23.5. The molecule has 1 aromatic carbocycles. The SMILES string of the molecule is Cc1ccccc1-n1ncc(C(=O)NC2(C(=O)O)CC2)c1C. The van der Waals surface area contributed by atoms with Crippen LogP contribution in [0.15, 0.2) is 30.5 Å². The lowest BCUT2D eigenvalue weighted by molar-refractivity contribution is -0.140. The molecular weight excluding hydrogens is 282 g/mol. The molecule has 1 aliphatic rings. The van der Waals surface area contributed by atoms with Crippen molar-refractivity contribution in [3.8, 4) is 5.69 Å². The molecule has 1 heterocycles. The minimum atomic E-state index is -1.09. The van der Waals surface area contributed by atoms with E-state index < -0.39 is 17.4 Å². The van der Waals surface area contributed by atoms with Gasteiger partial charge in [0.25, 0.3) is 5.91 Å². The van der Waals surface area contributed by atoms with E-state index in [1.165, 1.54) is 6.20 Å². The highest BCUT2D eigenvalue weighted by Gasteiger charge is 2.51. The fraction of sp³-hybridized carbons (Fsp3) is 0.312. The Bertz CT molecular complexity index is 760. The number of carboxylic acid groups (broad SMARTS) is 1. The predicted molar refractivity (Wildman–Crippen MR) is 80.1 cm³/mol. The van der Waals surface area contributed by atoms with Crippen LogP contribution in [0.5, 0.6) is 0 Å². The summed E-state index contributed by atoms with van der Waals surface area (Å²) >= 11 is 0. The summed E-state index contributed by atoms with van der Waals surface area (Å²) in [6.45, 7) is 3.77. The number of aliphatic carboxylic acids is 1. The number of carbonyl (C=O) groups excluding carboxylic acids is 1. The molecule has 0 aliphatic heterocycles. The van der Waals surface area contributed by atoms with Crippen LogP contribution in [0.3, 0.4) is 0 Å². The van der Waals surface area contributed by atoms with Gasteiger partial charge in [-0.3, -0.25) is 4.79 Å². The molecule has 0 atom stereocenters. The average Bonchev–Trinajstić information content (AvgIpc) is 3.16. The molecule has 0 radical (unpaired) electrons. The van der Waals surface area contributed by atoms with Crippen molar-refractivity contribution >= 4 is 11.9 Å². The molecule has 2 N–H and O–H groups in total. The summed E-state index contributed by atoms with van der Waals surface area (Å²) in [7, 11) is 0. The summed E-state index contributed by atoms with van der Waals surface area (Å²) in [5.41, 5.74) is 1.95. The molecule has 1 aliphatic carbocycles. The highest BCUT2D eigenvalue weighted by atomic mass is 16.4. The molecule has 114 valence electrons. The van der Waals surface area contributed by atoms with E-state index in [1.54, 1.807) is 11.6 Å². The smallest absolute Gasteiger partial charge is 0.329 e. The Kier molecular flexibility index (Phi) is 3.24.